The number of carboxylic acids is 2. The van der Waals surface area contributed by atoms with Crippen molar-refractivity contribution in [2.75, 3.05) is 0 Å². The van der Waals surface area contributed by atoms with Gasteiger partial charge >= 0.3 is 24.1 Å². The molecule has 3 unspecified atom stereocenters. The van der Waals surface area contributed by atoms with Gasteiger partial charge in [-0.25, -0.2) is 0 Å². The Kier molecular flexibility index (Phi) is 10.4. The molecule has 49 heavy (non-hydrogen) atoms. The third-order valence-corrected chi connectivity index (χ3v) is 15.6. The summed E-state index contributed by atoms with van der Waals surface area (Å²) >= 11 is 0. The van der Waals surface area contributed by atoms with Crippen LogP contribution in [0.4, 0.5) is 0 Å². The monoisotopic (exact) mass is 684 g/mol. The molecule has 9 heteroatoms. The summed E-state index contributed by atoms with van der Waals surface area (Å²) in [5, 5.41) is 19.3. The molecule has 9 nitrogen and oxygen atoms in total. The first-order valence-electron chi connectivity index (χ1n) is 18.3. The van der Waals surface area contributed by atoms with Gasteiger partial charge in [-0.05, 0) is 124 Å². The number of esters is 1. The maximum absolute atomic E-state index is 14.2. The van der Waals surface area contributed by atoms with Crippen molar-refractivity contribution in [3.8, 4) is 0 Å². The lowest BCUT2D eigenvalue weighted by Gasteiger charge is -2.70. The molecule has 11 atom stereocenters. The van der Waals surface area contributed by atoms with Gasteiger partial charge in [-0.1, -0.05) is 53.7 Å². The van der Waals surface area contributed by atoms with Gasteiger partial charge in [0, 0.05) is 17.3 Å². The number of carbonyl (C=O) groups is 4. The minimum atomic E-state index is -1.17. The normalized spacial score (nSPS) is 40.8. The number of carbonyl (C=O) groups excluding carboxylic acids is 4. The predicted octanol–water partition coefficient (Wildman–Crippen LogP) is 7.76. The van der Waals surface area contributed by atoms with Crippen molar-refractivity contribution < 1.29 is 43.7 Å². The molecule has 2 N–H and O–H groups in total. The minimum absolute atomic E-state index is 0.0253. The van der Waals surface area contributed by atoms with E-state index in [0.29, 0.717) is 17.8 Å². The van der Waals surface area contributed by atoms with Gasteiger partial charge < -0.3 is 14.9 Å². The molecule has 0 spiro atoms. The average molecular weight is 685 g/mol. The van der Waals surface area contributed by atoms with E-state index in [1.54, 1.807) is 20.8 Å². The highest BCUT2D eigenvalue weighted by Crippen LogP contribution is 2.78. The highest BCUT2D eigenvalue weighted by molar-refractivity contribution is 5.89. The lowest BCUT2D eigenvalue weighted by Crippen LogP contribution is -2.64. The van der Waals surface area contributed by atoms with Gasteiger partial charge in [-0.2, -0.15) is 9.59 Å². The molecular formula is C40H60O9. The minimum Gasteiger partial charge on any atom is -0.481 e. The van der Waals surface area contributed by atoms with Crippen molar-refractivity contribution in [2.45, 2.75) is 139 Å². The van der Waals surface area contributed by atoms with Crippen LogP contribution in [-0.2, 0) is 33.5 Å². The molecule has 5 aliphatic carbocycles. The zero-order valence-corrected chi connectivity index (χ0v) is 31.3. The first kappa shape index (κ1) is 39.0. The molecule has 0 heterocycles. The van der Waals surface area contributed by atoms with Crippen LogP contribution in [0.1, 0.15) is 133 Å². The quantitative estimate of drug-likeness (QED) is 0.183. The molecule has 5 saturated carbocycles. The van der Waals surface area contributed by atoms with E-state index in [4.69, 9.17) is 14.3 Å². The van der Waals surface area contributed by atoms with Crippen LogP contribution in [0, 0.1) is 68.0 Å². The Balaban J connectivity index is 0.00000174. The third-order valence-electron chi connectivity index (χ3n) is 15.6. The van der Waals surface area contributed by atoms with Gasteiger partial charge in [0.05, 0.1) is 17.8 Å². The summed E-state index contributed by atoms with van der Waals surface area (Å²) in [7, 11) is 0. The van der Waals surface area contributed by atoms with Gasteiger partial charge in [0.15, 0.2) is 0 Å². The molecule has 0 aromatic carbocycles. The molecule has 5 rings (SSSR count). The van der Waals surface area contributed by atoms with E-state index in [1.165, 1.54) is 0 Å². The summed E-state index contributed by atoms with van der Waals surface area (Å²) in [5.41, 5.74) is -0.642. The summed E-state index contributed by atoms with van der Waals surface area (Å²) in [6, 6.07) is 0. The largest absolute Gasteiger partial charge is 0.481 e. The number of allylic oxidation sites excluding steroid dienone is 1. The van der Waals surface area contributed by atoms with Crippen LogP contribution >= 0.6 is 0 Å². The van der Waals surface area contributed by atoms with Gasteiger partial charge in [-0.3, -0.25) is 19.2 Å². The molecule has 0 radical (unpaired) electrons. The Morgan fingerprint density at radius 2 is 1.51 bits per heavy atom. The molecule has 274 valence electrons. The lowest BCUT2D eigenvalue weighted by molar-refractivity contribution is -0.217. The van der Waals surface area contributed by atoms with Gasteiger partial charge in [0.1, 0.15) is 11.9 Å². The summed E-state index contributed by atoms with van der Waals surface area (Å²) in [6.45, 7) is 23.3. The molecule has 0 saturated heterocycles. The maximum atomic E-state index is 14.2. The maximum Gasteiger partial charge on any atom is 0.373 e. The highest BCUT2D eigenvalue weighted by Gasteiger charge is 2.73. The van der Waals surface area contributed by atoms with E-state index in [0.717, 1.165) is 63.4 Å². The fourth-order valence-electron chi connectivity index (χ4n) is 12.8. The van der Waals surface area contributed by atoms with E-state index < -0.39 is 34.7 Å². The van der Waals surface area contributed by atoms with Crippen molar-refractivity contribution in [1.82, 2.24) is 0 Å². The molecule has 0 aromatic rings. The van der Waals surface area contributed by atoms with Crippen LogP contribution in [0.2, 0.25) is 0 Å². The third kappa shape index (κ3) is 6.04. The summed E-state index contributed by atoms with van der Waals surface area (Å²) in [5.74, 6) is -1.15. The number of ether oxygens (including phenoxy) is 1. The van der Waals surface area contributed by atoms with E-state index in [1.807, 2.05) is 0 Å². The Labute approximate surface area is 292 Å². The van der Waals surface area contributed by atoms with Crippen molar-refractivity contribution in [3.63, 3.8) is 0 Å². The molecule has 0 amide bonds. The average Bonchev–Trinajstić information content (AvgIpc) is 3.47. The number of aliphatic carboxylic acids is 2. The van der Waals surface area contributed by atoms with Gasteiger partial charge in [0.25, 0.3) is 0 Å². The van der Waals surface area contributed by atoms with Crippen LogP contribution < -0.4 is 0 Å². The van der Waals surface area contributed by atoms with Gasteiger partial charge in [0.2, 0.25) is 0 Å². The number of carboxylic acid groups (broad SMARTS) is 2. The molecular weight excluding hydrogens is 624 g/mol. The van der Waals surface area contributed by atoms with Crippen molar-refractivity contribution in [2.24, 2.45) is 68.0 Å². The second-order valence-electron chi connectivity index (χ2n) is 18.7. The predicted molar refractivity (Wildman–Crippen MR) is 182 cm³/mol. The van der Waals surface area contributed by atoms with E-state index in [2.05, 4.69) is 48.1 Å². The Hall–Kier alpha value is -2.80. The Bertz CT molecular complexity index is 1410. The summed E-state index contributed by atoms with van der Waals surface area (Å²) in [6.07, 6.45) is 8.62. The summed E-state index contributed by atoms with van der Waals surface area (Å²) in [4.78, 5) is 67.1. The second-order valence-corrected chi connectivity index (χ2v) is 18.7. The first-order valence-corrected chi connectivity index (χ1v) is 18.3. The van der Waals surface area contributed by atoms with Crippen molar-refractivity contribution in [1.29, 1.82) is 0 Å². The lowest BCUT2D eigenvalue weighted by atomic mass is 9.34. The number of rotatable bonds is 9. The fraction of sp³-hybridized carbons (Fsp3) is 0.825. The molecule has 5 aliphatic rings. The number of hydrogen-bond acceptors (Lipinski definition) is 7. The number of Topliss-reactive ketones (excluding diaryl/α,β-unsaturated/α-hetero) is 1. The van der Waals surface area contributed by atoms with Crippen LogP contribution in [0.15, 0.2) is 12.2 Å². The first-order chi connectivity index (χ1) is 22.5. The fourth-order valence-corrected chi connectivity index (χ4v) is 12.8. The van der Waals surface area contributed by atoms with E-state index >= 15 is 0 Å². The van der Waals surface area contributed by atoms with Crippen LogP contribution in [-0.4, -0.2) is 46.2 Å². The molecule has 0 aromatic heterocycles. The smallest absolute Gasteiger partial charge is 0.373 e. The zero-order valence-electron chi connectivity index (χ0n) is 31.3. The van der Waals surface area contributed by atoms with Gasteiger partial charge in [-0.15, -0.1) is 0 Å². The standard InChI is InChI=1S/C39H60O7.CO2/c1-22(2)24-13-16-39(28(40)19-23(3)32(42)43)18-17-37(9)25(31(24)39)11-12-27-36(8)20-29(46-30(41)21-34(4,5)33(44)45)35(6,7)26(36)14-15-38(27,37)10;2-1-3/h23-27,29,31H,1,11-21H2,2-10H3,(H,42,43)(H,44,45);/t23?,24-,25?,26-,27+,29-,31?,36-,37+,38+,39+;/m0./s1. The summed E-state index contributed by atoms with van der Waals surface area (Å²) < 4.78 is 6.21. The molecule has 0 aliphatic heterocycles. The van der Waals surface area contributed by atoms with Crippen molar-refractivity contribution in [3.05, 3.63) is 12.2 Å². The topological polar surface area (TPSA) is 152 Å². The zero-order chi connectivity index (χ0) is 37.1. The van der Waals surface area contributed by atoms with E-state index in [9.17, 15) is 29.4 Å². The number of hydrogen-bond donors (Lipinski definition) is 2. The Morgan fingerprint density at radius 3 is 2.06 bits per heavy atom. The van der Waals surface area contributed by atoms with Crippen molar-refractivity contribution >= 4 is 29.8 Å². The molecule has 5 fully saturated rings. The number of fused-ring (bicyclic) bond motifs is 7. The van der Waals surface area contributed by atoms with Crippen LogP contribution in [0.5, 0.6) is 0 Å². The SMILES string of the molecule is C=C(C)[C@@H]1CC[C@]2(C(=O)CC(C)C(=O)O)CC[C@]3(C)C(CC[C@@H]4[C@@]5(C)C[C@H](OC(=O)CC(C)(C)C(=O)O)C(C)(C)[C@@H]5CC[C@]43C)C12.O=C=O. The Morgan fingerprint density at radius 1 is 0.898 bits per heavy atom. The van der Waals surface area contributed by atoms with E-state index in [-0.39, 0.29) is 64.4 Å². The van der Waals surface area contributed by atoms with Crippen LogP contribution in [0.3, 0.4) is 0 Å². The number of ketones is 1. The highest BCUT2D eigenvalue weighted by atomic mass is 16.5. The second kappa shape index (κ2) is 13.1. The van der Waals surface area contributed by atoms with Crippen LogP contribution in [0.25, 0.3) is 0 Å². The molecule has 0 bridgehead atoms.